The second-order valence-electron chi connectivity index (χ2n) is 3.19. The lowest BCUT2D eigenvalue weighted by Crippen LogP contribution is -1.97. The highest BCUT2D eigenvalue weighted by molar-refractivity contribution is 14.1. The highest BCUT2D eigenvalue weighted by Gasteiger charge is 2.10. The van der Waals surface area contributed by atoms with Crippen molar-refractivity contribution in [3.63, 3.8) is 0 Å². The van der Waals surface area contributed by atoms with Crippen molar-refractivity contribution >= 4 is 39.2 Å². The molecular weight excluding hydrogens is 320 g/mol. The van der Waals surface area contributed by atoms with E-state index in [9.17, 15) is 4.39 Å². The highest BCUT2D eigenvalue weighted by atomic mass is 127. The Morgan fingerprint density at radius 2 is 2.25 bits per heavy atom. The zero-order valence-electron chi connectivity index (χ0n) is 8.38. The van der Waals surface area contributed by atoms with E-state index in [4.69, 9.17) is 5.26 Å². The highest BCUT2D eigenvalue weighted by Crippen LogP contribution is 2.28. The number of aromatic nitrogens is 1. The normalized spacial score (nSPS) is 10.1. The lowest BCUT2D eigenvalue weighted by Gasteiger charge is -2.08. The van der Waals surface area contributed by atoms with E-state index in [1.54, 1.807) is 7.05 Å². The number of benzene rings is 1. The van der Waals surface area contributed by atoms with Gasteiger partial charge >= 0.3 is 0 Å². The van der Waals surface area contributed by atoms with Crippen LogP contribution in [0.5, 0.6) is 0 Å². The molecule has 0 aliphatic carbocycles. The largest absolute Gasteiger partial charge is 0.386 e. The molecule has 3 nitrogen and oxygen atoms in total. The van der Waals surface area contributed by atoms with Crippen LogP contribution in [-0.4, -0.2) is 12.0 Å². The first-order chi connectivity index (χ1) is 7.67. The first-order valence-electron chi connectivity index (χ1n) is 4.53. The Labute approximate surface area is 105 Å². The number of pyridine rings is 1. The van der Waals surface area contributed by atoms with Crippen molar-refractivity contribution in [3.8, 4) is 6.07 Å². The van der Waals surface area contributed by atoms with E-state index >= 15 is 0 Å². The fourth-order valence-corrected chi connectivity index (χ4v) is 2.31. The van der Waals surface area contributed by atoms with Gasteiger partial charge in [0, 0.05) is 22.2 Å². The van der Waals surface area contributed by atoms with Crippen molar-refractivity contribution in [3.05, 3.63) is 33.3 Å². The third kappa shape index (κ3) is 1.69. The molecule has 2 aromatic rings. The van der Waals surface area contributed by atoms with Gasteiger partial charge in [-0.25, -0.2) is 4.39 Å². The van der Waals surface area contributed by atoms with E-state index in [-0.39, 0.29) is 5.82 Å². The van der Waals surface area contributed by atoms with Gasteiger partial charge in [0.15, 0.2) is 0 Å². The van der Waals surface area contributed by atoms with E-state index < -0.39 is 0 Å². The molecule has 0 bridgehead atoms. The fraction of sp³-hybridized carbons (Fsp3) is 0.0909. The summed E-state index contributed by atoms with van der Waals surface area (Å²) in [6, 6.07) is 4.83. The molecule has 0 saturated heterocycles. The molecule has 0 aliphatic heterocycles. The molecule has 0 spiro atoms. The summed E-state index contributed by atoms with van der Waals surface area (Å²) >= 11 is 2.03. The van der Waals surface area contributed by atoms with Gasteiger partial charge in [-0.15, -0.1) is 0 Å². The van der Waals surface area contributed by atoms with Crippen LogP contribution >= 0.6 is 22.6 Å². The summed E-state index contributed by atoms with van der Waals surface area (Å²) in [6.07, 6.45) is 1.49. The van der Waals surface area contributed by atoms with Gasteiger partial charge in [0.2, 0.25) is 0 Å². The van der Waals surface area contributed by atoms with E-state index in [1.165, 1.54) is 18.3 Å². The summed E-state index contributed by atoms with van der Waals surface area (Å²) in [4.78, 5) is 4.16. The van der Waals surface area contributed by atoms with E-state index in [0.717, 1.165) is 3.57 Å². The zero-order valence-corrected chi connectivity index (χ0v) is 10.5. The Hall–Kier alpha value is -1.42. The summed E-state index contributed by atoms with van der Waals surface area (Å²) in [5.74, 6) is -0.328. The lowest BCUT2D eigenvalue weighted by molar-refractivity contribution is 0.629. The van der Waals surface area contributed by atoms with Gasteiger partial charge in [0.05, 0.1) is 16.8 Å². The SMILES string of the molecule is CNc1c(C#N)cnc2c(I)cc(F)cc12. The van der Waals surface area contributed by atoms with Gasteiger partial charge in [-0.3, -0.25) is 4.98 Å². The third-order valence-corrected chi connectivity index (χ3v) is 3.08. The first kappa shape index (κ1) is 11.1. The third-order valence-electron chi connectivity index (χ3n) is 2.26. The Kier molecular flexibility index (Phi) is 2.92. The Morgan fingerprint density at radius 3 is 2.88 bits per heavy atom. The quantitative estimate of drug-likeness (QED) is 0.820. The second-order valence-corrected chi connectivity index (χ2v) is 4.35. The predicted molar refractivity (Wildman–Crippen MR) is 68.7 cm³/mol. The van der Waals surface area contributed by atoms with Crippen molar-refractivity contribution in [2.75, 3.05) is 12.4 Å². The number of hydrogen-bond donors (Lipinski definition) is 1. The molecule has 16 heavy (non-hydrogen) atoms. The molecule has 5 heteroatoms. The number of halogens is 2. The molecule has 0 radical (unpaired) electrons. The van der Waals surface area contributed by atoms with Crippen LogP contribution in [-0.2, 0) is 0 Å². The molecule has 80 valence electrons. The van der Waals surface area contributed by atoms with Crippen LogP contribution in [0.1, 0.15) is 5.56 Å². The molecule has 0 unspecified atom stereocenters. The van der Waals surface area contributed by atoms with Crippen LogP contribution in [0.2, 0.25) is 0 Å². The predicted octanol–water partition coefficient (Wildman–Crippen LogP) is 2.89. The minimum Gasteiger partial charge on any atom is -0.386 e. The molecule has 1 N–H and O–H groups in total. The number of rotatable bonds is 1. The van der Waals surface area contributed by atoms with Gasteiger partial charge in [0.1, 0.15) is 11.9 Å². The van der Waals surface area contributed by atoms with Crippen LogP contribution in [0.4, 0.5) is 10.1 Å². The molecule has 1 aromatic heterocycles. The summed E-state index contributed by atoms with van der Waals surface area (Å²) in [5.41, 5.74) is 1.73. The van der Waals surface area contributed by atoms with Crippen LogP contribution in [0.3, 0.4) is 0 Å². The second kappa shape index (κ2) is 4.22. The number of fused-ring (bicyclic) bond motifs is 1. The molecule has 0 saturated carbocycles. The van der Waals surface area contributed by atoms with Gasteiger partial charge < -0.3 is 5.32 Å². The summed E-state index contributed by atoms with van der Waals surface area (Å²) in [5, 5.41) is 12.5. The molecule has 0 aliphatic rings. The van der Waals surface area contributed by atoms with E-state index in [0.29, 0.717) is 22.2 Å². The van der Waals surface area contributed by atoms with Crippen molar-refractivity contribution in [1.29, 1.82) is 5.26 Å². The smallest absolute Gasteiger partial charge is 0.125 e. The fourth-order valence-electron chi connectivity index (χ4n) is 1.58. The Bertz CT molecular complexity index is 604. The molecule has 0 atom stereocenters. The number of nitrogens with zero attached hydrogens (tertiary/aromatic N) is 2. The topological polar surface area (TPSA) is 48.7 Å². The number of nitrogens with one attached hydrogen (secondary N) is 1. The average Bonchev–Trinajstić information content (AvgIpc) is 2.27. The maximum atomic E-state index is 13.3. The maximum absolute atomic E-state index is 13.3. The number of hydrogen-bond acceptors (Lipinski definition) is 3. The summed E-state index contributed by atoms with van der Waals surface area (Å²) < 4.78 is 14.0. The Balaban J connectivity index is 2.93. The van der Waals surface area contributed by atoms with Gasteiger partial charge in [-0.2, -0.15) is 5.26 Å². The molecular formula is C11H7FIN3. The summed E-state index contributed by atoms with van der Waals surface area (Å²) in [6.45, 7) is 0. The van der Waals surface area contributed by atoms with Crippen molar-refractivity contribution < 1.29 is 4.39 Å². The molecule has 2 rings (SSSR count). The summed E-state index contributed by atoms with van der Waals surface area (Å²) in [7, 11) is 1.70. The molecule has 1 heterocycles. The zero-order chi connectivity index (χ0) is 11.7. The minimum atomic E-state index is -0.328. The van der Waals surface area contributed by atoms with Gasteiger partial charge in [0.25, 0.3) is 0 Å². The molecule has 0 amide bonds. The standard InChI is InChI=1S/C11H7FIN3/c1-15-10-6(4-14)5-16-11-8(10)2-7(12)3-9(11)13/h2-3,5H,1H3,(H,15,16). The van der Waals surface area contributed by atoms with Crippen molar-refractivity contribution in [2.24, 2.45) is 0 Å². The van der Waals surface area contributed by atoms with Gasteiger partial charge in [-0.05, 0) is 34.7 Å². The molecule has 0 fully saturated rings. The maximum Gasteiger partial charge on any atom is 0.125 e. The van der Waals surface area contributed by atoms with Crippen LogP contribution < -0.4 is 5.32 Å². The van der Waals surface area contributed by atoms with Crippen LogP contribution in [0, 0.1) is 20.7 Å². The first-order valence-corrected chi connectivity index (χ1v) is 5.61. The monoisotopic (exact) mass is 327 g/mol. The van der Waals surface area contributed by atoms with Crippen LogP contribution in [0.25, 0.3) is 10.9 Å². The minimum absolute atomic E-state index is 0.328. The number of nitriles is 1. The van der Waals surface area contributed by atoms with E-state index in [1.807, 2.05) is 28.7 Å². The lowest BCUT2D eigenvalue weighted by atomic mass is 10.1. The number of anilines is 1. The molecule has 1 aromatic carbocycles. The average molecular weight is 327 g/mol. The van der Waals surface area contributed by atoms with Crippen molar-refractivity contribution in [1.82, 2.24) is 4.98 Å². The van der Waals surface area contributed by atoms with E-state index in [2.05, 4.69) is 10.3 Å². The van der Waals surface area contributed by atoms with Gasteiger partial charge in [-0.1, -0.05) is 0 Å². The Morgan fingerprint density at radius 1 is 1.50 bits per heavy atom. The van der Waals surface area contributed by atoms with Crippen molar-refractivity contribution in [2.45, 2.75) is 0 Å². The van der Waals surface area contributed by atoms with Crippen LogP contribution in [0.15, 0.2) is 18.3 Å².